The molecule has 1 aromatic rings. The van der Waals surface area contributed by atoms with Crippen molar-refractivity contribution in [3.63, 3.8) is 0 Å². The molecular formula is C12H16N2O2S. The molecule has 0 radical (unpaired) electrons. The highest BCUT2D eigenvalue weighted by molar-refractivity contribution is 8.00. The molecule has 0 aliphatic carbocycles. The smallest absolute Gasteiger partial charge is 0.335 e. The second kappa shape index (κ2) is 4.56. The van der Waals surface area contributed by atoms with Crippen LogP contribution in [0.2, 0.25) is 0 Å². The van der Waals surface area contributed by atoms with E-state index in [0.29, 0.717) is 5.56 Å². The fourth-order valence-electron chi connectivity index (χ4n) is 1.94. The van der Waals surface area contributed by atoms with E-state index >= 15 is 0 Å². The van der Waals surface area contributed by atoms with Gasteiger partial charge in [0.05, 0.1) is 5.56 Å². The molecule has 0 atom stereocenters. The van der Waals surface area contributed by atoms with Crippen LogP contribution < -0.4 is 4.90 Å². The molecule has 0 bridgehead atoms. The van der Waals surface area contributed by atoms with E-state index in [2.05, 4.69) is 23.7 Å². The topological polar surface area (TPSA) is 53.4 Å². The number of aromatic carboxylic acids is 1. The van der Waals surface area contributed by atoms with Crippen LogP contribution in [0.5, 0.6) is 0 Å². The molecule has 92 valence electrons. The molecule has 0 spiro atoms. The number of hydrogen-bond acceptors (Lipinski definition) is 4. The van der Waals surface area contributed by atoms with Gasteiger partial charge in [-0.05, 0) is 26.0 Å². The molecule has 2 heterocycles. The van der Waals surface area contributed by atoms with Gasteiger partial charge in [-0.3, -0.25) is 0 Å². The van der Waals surface area contributed by atoms with Gasteiger partial charge >= 0.3 is 5.97 Å². The molecular weight excluding hydrogens is 236 g/mol. The summed E-state index contributed by atoms with van der Waals surface area (Å²) < 4.78 is 0.194. The van der Waals surface area contributed by atoms with Crippen LogP contribution in [-0.4, -0.2) is 39.6 Å². The number of carboxylic acids is 1. The molecule has 0 aromatic carbocycles. The lowest BCUT2D eigenvalue weighted by Crippen LogP contribution is -2.43. The highest BCUT2D eigenvalue weighted by Gasteiger charge is 2.27. The zero-order chi connectivity index (χ0) is 12.5. The zero-order valence-electron chi connectivity index (χ0n) is 10.0. The van der Waals surface area contributed by atoms with Gasteiger partial charge < -0.3 is 10.0 Å². The molecule has 1 aromatic heterocycles. The summed E-state index contributed by atoms with van der Waals surface area (Å²) in [4.78, 5) is 17.3. The van der Waals surface area contributed by atoms with Crippen molar-refractivity contribution in [3.8, 4) is 0 Å². The van der Waals surface area contributed by atoms with E-state index in [1.54, 1.807) is 12.3 Å². The monoisotopic (exact) mass is 252 g/mol. The Kier molecular flexibility index (Phi) is 3.28. The van der Waals surface area contributed by atoms with Crippen molar-refractivity contribution in [1.82, 2.24) is 4.98 Å². The van der Waals surface area contributed by atoms with Crippen molar-refractivity contribution in [2.45, 2.75) is 18.6 Å². The lowest BCUT2D eigenvalue weighted by Gasteiger charge is -2.38. The third-order valence-corrected chi connectivity index (χ3v) is 4.04. The van der Waals surface area contributed by atoms with Crippen molar-refractivity contribution >= 4 is 23.5 Å². The number of pyridine rings is 1. The number of thioether (sulfide) groups is 1. The SMILES string of the molecule is CC1(C)CN(c2cc(C(=O)O)ccn2)CCS1. The van der Waals surface area contributed by atoms with Gasteiger partial charge in [0.15, 0.2) is 0 Å². The first-order valence-electron chi connectivity index (χ1n) is 5.56. The van der Waals surface area contributed by atoms with Gasteiger partial charge in [0.2, 0.25) is 0 Å². The number of aromatic nitrogens is 1. The van der Waals surface area contributed by atoms with Crippen LogP contribution in [0.15, 0.2) is 18.3 Å². The molecule has 0 amide bonds. The fourth-order valence-corrected chi connectivity index (χ4v) is 3.05. The maximum atomic E-state index is 10.9. The Morgan fingerprint density at radius 2 is 2.35 bits per heavy atom. The minimum atomic E-state index is -0.903. The molecule has 1 saturated heterocycles. The van der Waals surface area contributed by atoms with Gasteiger partial charge in [0.1, 0.15) is 5.82 Å². The number of anilines is 1. The molecule has 0 unspecified atom stereocenters. The third kappa shape index (κ3) is 2.91. The van der Waals surface area contributed by atoms with Crippen molar-refractivity contribution < 1.29 is 9.90 Å². The van der Waals surface area contributed by atoms with E-state index in [1.807, 2.05) is 11.8 Å². The second-order valence-corrected chi connectivity index (χ2v) is 6.54. The van der Waals surface area contributed by atoms with Crippen LogP contribution in [0.4, 0.5) is 5.82 Å². The minimum absolute atomic E-state index is 0.194. The lowest BCUT2D eigenvalue weighted by atomic mass is 10.1. The van der Waals surface area contributed by atoms with Crippen LogP contribution in [0.25, 0.3) is 0 Å². The first-order chi connectivity index (χ1) is 7.98. The highest BCUT2D eigenvalue weighted by atomic mass is 32.2. The molecule has 1 N–H and O–H groups in total. The summed E-state index contributed by atoms with van der Waals surface area (Å²) in [6, 6.07) is 3.17. The molecule has 1 aliphatic rings. The van der Waals surface area contributed by atoms with Crippen molar-refractivity contribution in [3.05, 3.63) is 23.9 Å². The Morgan fingerprint density at radius 3 is 3.00 bits per heavy atom. The minimum Gasteiger partial charge on any atom is -0.478 e. The van der Waals surface area contributed by atoms with Crippen LogP contribution >= 0.6 is 11.8 Å². The number of nitrogens with zero attached hydrogens (tertiary/aromatic N) is 2. The predicted octanol–water partition coefficient (Wildman–Crippen LogP) is 2.11. The predicted molar refractivity (Wildman–Crippen MR) is 69.9 cm³/mol. The largest absolute Gasteiger partial charge is 0.478 e. The number of hydrogen-bond donors (Lipinski definition) is 1. The van der Waals surface area contributed by atoms with Gasteiger partial charge in [-0.25, -0.2) is 9.78 Å². The Hall–Kier alpha value is -1.23. The maximum absolute atomic E-state index is 10.9. The number of carbonyl (C=O) groups is 1. The summed E-state index contributed by atoms with van der Waals surface area (Å²) in [6.45, 7) is 6.22. The number of rotatable bonds is 2. The lowest BCUT2D eigenvalue weighted by molar-refractivity contribution is 0.0697. The molecule has 1 aliphatic heterocycles. The average molecular weight is 252 g/mol. The maximum Gasteiger partial charge on any atom is 0.335 e. The quantitative estimate of drug-likeness (QED) is 0.873. The van der Waals surface area contributed by atoms with Gasteiger partial charge in [-0.15, -0.1) is 0 Å². The summed E-state index contributed by atoms with van der Waals surface area (Å²) in [5.74, 6) is 0.906. The van der Waals surface area contributed by atoms with E-state index in [9.17, 15) is 4.79 Å². The van der Waals surface area contributed by atoms with E-state index in [-0.39, 0.29) is 4.75 Å². The zero-order valence-corrected chi connectivity index (χ0v) is 10.8. The second-order valence-electron chi connectivity index (χ2n) is 4.74. The first-order valence-corrected chi connectivity index (χ1v) is 6.55. The summed E-state index contributed by atoms with van der Waals surface area (Å²) in [7, 11) is 0. The van der Waals surface area contributed by atoms with Crippen molar-refractivity contribution in [2.75, 3.05) is 23.7 Å². The molecule has 4 nitrogen and oxygen atoms in total. The van der Waals surface area contributed by atoms with E-state index in [1.165, 1.54) is 6.07 Å². The van der Waals surface area contributed by atoms with Crippen molar-refractivity contribution in [2.24, 2.45) is 0 Å². The molecule has 1 fully saturated rings. The van der Waals surface area contributed by atoms with Gasteiger partial charge in [0, 0.05) is 29.8 Å². The molecule has 0 saturated carbocycles. The molecule has 2 rings (SSSR count). The summed E-state index contributed by atoms with van der Waals surface area (Å²) in [6.07, 6.45) is 1.56. The summed E-state index contributed by atoms with van der Waals surface area (Å²) in [5, 5.41) is 8.96. The Bertz CT molecular complexity index is 434. The van der Waals surface area contributed by atoms with Gasteiger partial charge in [-0.1, -0.05) is 0 Å². The Morgan fingerprint density at radius 1 is 1.59 bits per heavy atom. The van der Waals surface area contributed by atoms with E-state index in [4.69, 9.17) is 5.11 Å². The van der Waals surface area contributed by atoms with Crippen LogP contribution in [-0.2, 0) is 0 Å². The highest BCUT2D eigenvalue weighted by Crippen LogP contribution is 2.31. The standard InChI is InChI=1S/C12H16N2O2S/c1-12(2)8-14(5-6-17-12)10-7-9(11(15)16)3-4-13-10/h3-4,7H,5-6,8H2,1-2H3,(H,15,16). The molecule has 5 heteroatoms. The van der Waals surface area contributed by atoms with Crippen LogP contribution in [0.1, 0.15) is 24.2 Å². The summed E-state index contributed by atoms with van der Waals surface area (Å²) >= 11 is 1.94. The van der Waals surface area contributed by atoms with Crippen molar-refractivity contribution in [1.29, 1.82) is 0 Å². The van der Waals surface area contributed by atoms with Crippen LogP contribution in [0.3, 0.4) is 0 Å². The Balaban J connectivity index is 2.22. The van der Waals surface area contributed by atoms with Crippen LogP contribution in [0, 0.1) is 0 Å². The first kappa shape index (κ1) is 12.2. The van der Waals surface area contributed by atoms with Gasteiger partial charge in [0.25, 0.3) is 0 Å². The Labute approximate surface area is 105 Å². The molecule has 17 heavy (non-hydrogen) atoms. The average Bonchev–Trinajstić information content (AvgIpc) is 2.28. The van der Waals surface area contributed by atoms with E-state index in [0.717, 1.165) is 24.7 Å². The summed E-state index contributed by atoms with van der Waals surface area (Å²) in [5.41, 5.74) is 0.297. The van der Waals surface area contributed by atoms with Gasteiger partial charge in [-0.2, -0.15) is 11.8 Å². The number of carboxylic acid groups (broad SMARTS) is 1. The third-order valence-electron chi connectivity index (χ3n) is 2.74. The normalized spacial score (nSPS) is 19.1. The fraction of sp³-hybridized carbons (Fsp3) is 0.500. The van der Waals surface area contributed by atoms with E-state index < -0.39 is 5.97 Å².